The molecule has 154 valence electrons. The number of pyridine rings is 1. The quantitative estimate of drug-likeness (QED) is 0.390. The molecule has 0 bridgehead atoms. The fourth-order valence-corrected chi connectivity index (χ4v) is 5.25. The Balaban J connectivity index is 1.66. The van der Waals surface area contributed by atoms with Crippen molar-refractivity contribution in [3.05, 3.63) is 79.8 Å². The maximum Gasteiger partial charge on any atom is 0.253 e. The second-order valence-electron chi connectivity index (χ2n) is 7.35. The Morgan fingerprint density at radius 2 is 1.87 bits per heavy atom. The number of H-pyrrole nitrogens is 1. The second-order valence-corrected chi connectivity index (χ2v) is 9.60. The zero-order chi connectivity index (χ0) is 21.3. The van der Waals surface area contributed by atoms with Gasteiger partial charge in [0.1, 0.15) is 16.5 Å². The largest absolute Gasteiger partial charge is 0.365 e. The minimum atomic E-state index is -0.0524. The molecular weight excluding hydrogens is 412 g/mol. The number of nitrogens with one attached hydrogen (secondary N) is 2. The van der Waals surface area contributed by atoms with Crippen molar-refractivity contribution < 1.29 is 0 Å². The van der Waals surface area contributed by atoms with Gasteiger partial charge in [0.15, 0.2) is 0 Å². The second kappa shape index (κ2) is 8.62. The third-order valence-corrected chi connectivity index (χ3v) is 7.22. The zero-order valence-corrected chi connectivity index (χ0v) is 19.1. The first-order valence-corrected chi connectivity index (χ1v) is 11.6. The lowest BCUT2D eigenvalue weighted by Crippen LogP contribution is -2.19. The molecule has 7 heteroatoms. The normalized spacial score (nSPS) is 11.2. The van der Waals surface area contributed by atoms with Crippen molar-refractivity contribution in [2.24, 2.45) is 0 Å². The number of aromatic nitrogens is 3. The van der Waals surface area contributed by atoms with Crippen LogP contribution in [0.2, 0.25) is 0 Å². The lowest BCUT2D eigenvalue weighted by Gasteiger charge is -2.11. The van der Waals surface area contributed by atoms with E-state index in [0.29, 0.717) is 12.3 Å². The van der Waals surface area contributed by atoms with E-state index in [2.05, 4.69) is 36.3 Å². The van der Waals surface area contributed by atoms with Crippen molar-refractivity contribution in [1.82, 2.24) is 15.0 Å². The van der Waals surface area contributed by atoms with E-state index in [-0.39, 0.29) is 5.56 Å². The predicted octanol–water partition coefficient (Wildman–Crippen LogP) is 5.52. The predicted molar refractivity (Wildman–Crippen MR) is 127 cm³/mol. The van der Waals surface area contributed by atoms with Gasteiger partial charge in [-0.3, -0.25) is 4.79 Å². The highest BCUT2D eigenvalue weighted by molar-refractivity contribution is 7.98. The first-order chi connectivity index (χ1) is 14.4. The van der Waals surface area contributed by atoms with Crippen LogP contribution in [0.5, 0.6) is 0 Å². The van der Waals surface area contributed by atoms with E-state index >= 15 is 0 Å². The lowest BCUT2D eigenvalue weighted by molar-refractivity contribution is 0.992. The molecule has 0 atom stereocenters. The summed E-state index contributed by atoms with van der Waals surface area (Å²) in [5, 5.41) is 4.47. The van der Waals surface area contributed by atoms with Gasteiger partial charge < -0.3 is 10.3 Å². The van der Waals surface area contributed by atoms with Gasteiger partial charge in [0.25, 0.3) is 5.56 Å². The smallest absolute Gasteiger partial charge is 0.253 e. The Bertz CT molecular complexity index is 1260. The lowest BCUT2D eigenvalue weighted by atomic mass is 10.1. The van der Waals surface area contributed by atoms with E-state index in [0.717, 1.165) is 38.7 Å². The van der Waals surface area contributed by atoms with Gasteiger partial charge in [0.2, 0.25) is 0 Å². The Morgan fingerprint density at radius 3 is 2.60 bits per heavy atom. The molecule has 5 nitrogen and oxygen atoms in total. The van der Waals surface area contributed by atoms with Crippen molar-refractivity contribution in [2.75, 3.05) is 5.32 Å². The highest BCUT2D eigenvalue weighted by Crippen LogP contribution is 2.34. The van der Waals surface area contributed by atoms with Crippen LogP contribution in [0.4, 0.5) is 5.82 Å². The number of fused-ring (bicyclic) bond motifs is 1. The molecule has 0 saturated heterocycles. The first kappa shape index (κ1) is 20.6. The number of aryl methyl sites for hydroxylation is 4. The third kappa shape index (κ3) is 4.27. The van der Waals surface area contributed by atoms with E-state index in [9.17, 15) is 4.79 Å². The van der Waals surface area contributed by atoms with Gasteiger partial charge in [-0.1, -0.05) is 18.2 Å². The molecule has 0 amide bonds. The van der Waals surface area contributed by atoms with E-state index in [1.807, 2.05) is 38.1 Å². The van der Waals surface area contributed by atoms with Crippen molar-refractivity contribution in [1.29, 1.82) is 0 Å². The zero-order valence-electron chi connectivity index (χ0n) is 17.5. The SMILES string of the molecule is Cc1cc(C)c(CNc2nc(CSc3ccccc3)nc3sc(C)c(C)c23)c(=O)[nH]1. The Morgan fingerprint density at radius 1 is 1.10 bits per heavy atom. The summed E-state index contributed by atoms with van der Waals surface area (Å²) in [6.45, 7) is 8.50. The molecule has 30 heavy (non-hydrogen) atoms. The molecule has 1 aromatic carbocycles. The van der Waals surface area contributed by atoms with E-state index in [4.69, 9.17) is 9.97 Å². The van der Waals surface area contributed by atoms with Crippen molar-refractivity contribution in [3.8, 4) is 0 Å². The number of rotatable bonds is 6. The summed E-state index contributed by atoms with van der Waals surface area (Å²) in [5.41, 5.74) is 3.72. The van der Waals surface area contributed by atoms with Gasteiger partial charge in [0, 0.05) is 27.6 Å². The third-order valence-electron chi connectivity index (χ3n) is 5.11. The molecule has 0 aliphatic rings. The van der Waals surface area contributed by atoms with Crippen LogP contribution in [0.1, 0.15) is 33.1 Å². The topological polar surface area (TPSA) is 70.7 Å². The summed E-state index contributed by atoms with van der Waals surface area (Å²) in [6, 6.07) is 12.3. The van der Waals surface area contributed by atoms with Crippen molar-refractivity contribution in [2.45, 2.75) is 44.9 Å². The fraction of sp³-hybridized carbons (Fsp3) is 0.261. The molecule has 3 aromatic heterocycles. The molecular formula is C23H24N4OS2. The molecule has 4 aromatic rings. The monoisotopic (exact) mass is 436 g/mol. The van der Waals surface area contributed by atoms with Crippen LogP contribution in [0.25, 0.3) is 10.2 Å². The standard InChI is InChI=1S/C23H24N4OS2/c1-13-10-14(2)25-22(28)18(13)11-24-21-20-15(3)16(4)30-23(20)27-19(26-21)12-29-17-8-6-5-7-9-17/h5-10H,11-12H2,1-4H3,(H,25,28)(H,24,26,27). The highest BCUT2D eigenvalue weighted by Gasteiger charge is 2.16. The minimum absolute atomic E-state index is 0.0524. The molecule has 0 saturated carbocycles. The van der Waals surface area contributed by atoms with Gasteiger partial charge in [-0.25, -0.2) is 9.97 Å². The van der Waals surface area contributed by atoms with Gasteiger partial charge in [0.05, 0.1) is 11.1 Å². The summed E-state index contributed by atoms with van der Waals surface area (Å²) in [6.07, 6.45) is 0. The van der Waals surface area contributed by atoms with E-state index in [1.54, 1.807) is 23.1 Å². The number of hydrogen-bond donors (Lipinski definition) is 2. The average molecular weight is 437 g/mol. The summed E-state index contributed by atoms with van der Waals surface area (Å²) in [5.74, 6) is 2.27. The van der Waals surface area contributed by atoms with E-state index < -0.39 is 0 Å². The fourth-order valence-electron chi connectivity index (χ4n) is 3.42. The van der Waals surface area contributed by atoms with Gasteiger partial charge in [-0.05, 0) is 57.0 Å². The summed E-state index contributed by atoms with van der Waals surface area (Å²) < 4.78 is 0. The van der Waals surface area contributed by atoms with E-state index in [1.165, 1.54) is 15.3 Å². The molecule has 0 spiro atoms. The molecule has 2 N–H and O–H groups in total. The Labute approximate surface area is 184 Å². The van der Waals surface area contributed by atoms with Crippen LogP contribution < -0.4 is 10.9 Å². The number of hydrogen-bond acceptors (Lipinski definition) is 6. The molecule has 0 aliphatic carbocycles. The molecule has 4 rings (SSSR count). The number of anilines is 1. The van der Waals surface area contributed by atoms with Crippen LogP contribution >= 0.6 is 23.1 Å². The van der Waals surface area contributed by atoms with Crippen LogP contribution in [0, 0.1) is 27.7 Å². The number of thioether (sulfide) groups is 1. The first-order valence-electron chi connectivity index (χ1n) is 9.80. The highest BCUT2D eigenvalue weighted by atomic mass is 32.2. The van der Waals surface area contributed by atoms with Crippen LogP contribution in [-0.4, -0.2) is 15.0 Å². The number of nitrogens with zero attached hydrogens (tertiary/aromatic N) is 2. The number of benzene rings is 1. The van der Waals surface area contributed by atoms with Gasteiger partial charge in [-0.2, -0.15) is 0 Å². The molecule has 0 radical (unpaired) electrons. The number of aromatic amines is 1. The maximum atomic E-state index is 12.4. The minimum Gasteiger partial charge on any atom is -0.365 e. The Kier molecular flexibility index (Phi) is 5.92. The van der Waals surface area contributed by atoms with Gasteiger partial charge >= 0.3 is 0 Å². The molecule has 0 unspecified atom stereocenters. The molecule has 0 fully saturated rings. The maximum absolute atomic E-state index is 12.4. The average Bonchev–Trinajstić information content (AvgIpc) is 3.00. The number of thiophene rings is 1. The molecule has 0 aliphatic heterocycles. The Hall–Kier alpha value is -2.64. The van der Waals surface area contributed by atoms with Crippen LogP contribution in [0.3, 0.4) is 0 Å². The summed E-state index contributed by atoms with van der Waals surface area (Å²) >= 11 is 3.41. The van der Waals surface area contributed by atoms with Crippen LogP contribution in [0.15, 0.2) is 46.1 Å². The van der Waals surface area contributed by atoms with Gasteiger partial charge in [-0.15, -0.1) is 23.1 Å². The van der Waals surface area contributed by atoms with Crippen LogP contribution in [-0.2, 0) is 12.3 Å². The summed E-state index contributed by atoms with van der Waals surface area (Å²) in [4.78, 5) is 28.4. The van der Waals surface area contributed by atoms with Crippen molar-refractivity contribution >= 4 is 39.1 Å². The summed E-state index contributed by atoms with van der Waals surface area (Å²) in [7, 11) is 0. The molecule has 3 heterocycles. The van der Waals surface area contributed by atoms with Crippen molar-refractivity contribution in [3.63, 3.8) is 0 Å².